The highest BCUT2D eigenvalue weighted by atomic mass is 16.1. The summed E-state index contributed by atoms with van der Waals surface area (Å²) in [5, 5.41) is 0. The quantitative estimate of drug-likeness (QED) is 0.440. The second-order valence-corrected chi connectivity index (χ2v) is 2.63. The van der Waals surface area contributed by atoms with E-state index in [9.17, 15) is 4.79 Å². The van der Waals surface area contributed by atoms with Crippen LogP contribution in [0.15, 0.2) is 30.0 Å². The second-order valence-electron chi connectivity index (χ2n) is 2.63. The number of amides is 1. The van der Waals surface area contributed by atoms with E-state index in [1.54, 1.807) is 24.3 Å². The summed E-state index contributed by atoms with van der Waals surface area (Å²) in [6.45, 7) is 0. The summed E-state index contributed by atoms with van der Waals surface area (Å²) in [7, 11) is 0. The van der Waals surface area contributed by atoms with Gasteiger partial charge in [-0.15, -0.1) is 0 Å². The Labute approximate surface area is 76.0 Å². The van der Waals surface area contributed by atoms with Crippen molar-refractivity contribution in [1.29, 1.82) is 0 Å². The van der Waals surface area contributed by atoms with Crippen molar-refractivity contribution in [2.24, 2.45) is 11.5 Å². The first-order valence-corrected chi connectivity index (χ1v) is 3.72. The van der Waals surface area contributed by atoms with E-state index in [2.05, 4.69) is 0 Å². The van der Waals surface area contributed by atoms with Gasteiger partial charge in [0.2, 0.25) is 0 Å². The average molecular weight is 177 g/mol. The highest BCUT2D eigenvalue weighted by Crippen LogP contribution is 2.08. The van der Waals surface area contributed by atoms with E-state index in [4.69, 9.17) is 17.2 Å². The van der Waals surface area contributed by atoms with E-state index < -0.39 is 5.91 Å². The molecule has 0 atom stereocenters. The molecule has 0 radical (unpaired) electrons. The Morgan fingerprint density at radius 3 is 2.54 bits per heavy atom. The number of benzene rings is 1. The maximum Gasteiger partial charge on any atom is 0.264 e. The highest BCUT2D eigenvalue weighted by molar-refractivity contribution is 5.95. The molecule has 0 saturated heterocycles. The molecule has 0 heterocycles. The van der Waals surface area contributed by atoms with E-state index in [0.29, 0.717) is 5.69 Å². The Kier molecular flexibility index (Phi) is 2.54. The third kappa shape index (κ3) is 2.52. The summed E-state index contributed by atoms with van der Waals surface area (Å²) in [6, 6.07) is 7.01. The zero-order valence-electron chi connectivity index (χ0n) is 7.03. The Bertz CT molecular complexity index is 358. The van der Waals surface area contributed by atoms with Crippen molar-refractivity contribution in [3.63, 3.8) is 0 Å². The van der Waals surface area contributed by atoms with Crippen LogP contribution in [-0.2, 0) is 4.79 Å². The minimum absolute atomic E-state index is 0.0191. The minimum Gasteiger partial charge on any atom is -0.399 e. The Morgan fingerprint density at radius 2 is 2.00 bits per heavy atom. The molecule has 0 bridgehead atoms. The van der Waals surface area contributed by atoms with Gasteiger partial charge >= 0.3 is 0 Å². The summed E-state index contributed by atoms with van der Waals surface area (Å²) >= 11 is 0. The predicted octanol–water partition coefficient (Wildman–Crippen LogP) is 0.0537. The average Bonchev–Trinajstić information content (AvgIpc) is 2.04. The van der Waals surface area contributed by atoms with E-state index >= 15 is 0 Å². The normalized spacial score (nSPS) is 11.2. The largest absolute Gasteiger partial charge is 0.399 e. The van der Waals surface area contributed by atoms with Crippen molar-refractivity contribution in [2.75, 3.05) is 5.73 Å². The molecule has 0 fully saturated rings. The minimum atomic E-state index is -0.637. The standard InChI is InChI=1S/C9H11N3O/c10-7-3-1-2-6(4-7)5-8(11)9(12)13/h1-5H,10-11H2,(H2,12,13)/b8-5-. The van der Waals surface area contributed by atoms with Crippen LogP contribution in [0.25, 0.3) is 6.08 Å². The topological polar surface area (TPSA) is 95.1 Å². The zero-order chi connectivity index (χ0) is 9.84. The molecule has 1 aromatic rings. The van der Waals surface area contributed by atoms with Crippen LogP contribution < -0.4 is 17.2 Å². The number of carbonyl (C=O) groups excluding carboxylic acids is 1. The first-order valence-electron chi connectivity index (χ1n) is 3.72. The fraction of sp³-hybridized carbons (Fsp3) is 0. The SMILES string of the molecule is NC(=O)/C(N)=C/c1cccc(N)c1. The van der Waals surface area contributed by atoms with Gasteiger partial charge in [0.05, 0.1) is 5.70 Å². The zero-order valence-corrected chi connectivity index (χ0v) is 7.03. The molecule has 1 aromatic carbocycles. The van der Waals surface area contributed by atoms with Crippen molar-refractivity contribution in [3.05, 3.63) is 35.5 Å². The van der Waals surface area contributed by atoms with Crippen LogP contribution in [0, 0.1) is 0 Å². The lowest BCUT2D eigenvalue weighted by atomic mass is 10.1. The molecule has 0 unspecified atom stereocenters. The Hall–Kier alpha value is -1.97. The van der Waals surface area contributed by atoms with Gasteiger partial charge in [0.1, 0.15) is 0 Å². The summed E-state index contributed by atoms with van der Waals surface area (Å²) in [5.74, 6) is -0.637. The van der Waals surface area contributed by atoms with Crippen LogP contribution in [0.4, 0.5) is 5.69 Å². The van der Waals surface area contributed by atoms with Crippen molar-refractivity contribution < 1.29 is 4.79 Å². The molecule has 0 aliphatic carbocycles. The Morgan fingerprint density at radius 1 is 1.31 bits per heavy atom. The lowest BCUT2D eigenvalue weighted by Gasteiger charge is -1.97. The first kappa shape index (κ1) is 9.12. The van der Waals surface area contributed by atoms with Gasteiger partial charge < -0.3 is 17.2 Å². The number of rotatable bonds is 2. The first-order chi connectivity index (χ1) is 6.09. The summed E-state index contributed by atoms with van der Waals surface area (Å²) < 4.78 is 0. The lowest BCUT2D eigenvalue weighted by molar-refractivity contribution is -0.114. The number of primary amides is 1. The smallest absolute Gasteiger partial charge is 0.264 e. The summed E-state index contributed by atoms with van der Waals surface area (Å²) in [6.07, 6.45) is 1.48. The third-order valence-electron chi connectivity index (χ3n) is 1.52. The van der Waals surface area contributed by atoms with Gasteiger partial charge in [-0.2, -0.15) is 0 Å². The number of nitrogen functional groups attached to an aromatic ring is 1. The molecular formula is C9H11N3O. The summed E-state index contributed by atoms with van der Waals surface area (Å²) in [4.78, 5) is 10.6. The van der Waals surface area contributed by atoms with Crippen LogP contribution in [-0.4, -0.2) is 5.91 Å². The van der Waals surface area contributed by atoms with Crippen LogP contribution in [0.5, 0.6) is 0 Å². The third-order valence-corrected chi connectivity index (χ3v) is 1.52. The van der Waals surface area contributed by atoms with Crippen LogP contribution in [0.2, 0.25) is 0 Å². The molecule has 0 spiro atoms. The fourth-order valence-electron chi connectivity index (χ4n) is 0.899. The number of hydrogen-bond donors (Lipinski definition) is 3. The van der Waals surface area contributed by atoms with Crippen molar-refractivity contribution in [1.82, 2.24) is 0 Å². The molecule has 0 aliphatic rings. The van der Waals surface area contributed by atoms with Gasteiger partial charge in [-0.3, -0.25) is 4.79 Å². The molecule has 4 nitrogen and oxygen atoms in total. The maximum absolute atomic E-state index is 10.6. The second kappa shape index (κ2) is 3.62. The van der Waals surface area contributed by atoms with Gasteiger partial charge in [-0.1, -0.05) is 12.1 Å². The van der Waals surface area contributed by atoms with Crippen LogP contribution >= 0.6 is 0 Å². The van der Waals surface area contributed by atoms with Gasteiger partial charge in [-0.05, 0) is 23.8 Å². The number of anilines is 1. The molecule has 0 saturated carbocycles. The van der Waals surface area contributed by atoms with Gasteiger partial charge in [0, 0.05) is 5.69 Å². The molecule has 0 aliphatic heterocycles. The van der Waals surface area contributed by atoms with E-state index in [-0.39, 0.29) is 5.70 Å². The number of hydrogen-bond acceptors (Lipinski definition) is 3. The molecule has 1 amide bonds. The predicted molar refractivity (Wildman–Crippen MR) is 52.2 cm³/mol. The van der Waals surface area contributed by atoms with E-state index in [0.717, 1.165) is 5.56 Å². The molecule has 13 heavy (non-hydrogen) atoms. The number of carbonyl (C=O) groups is 1. The van der Waals surface area contributed by atoms with Crippen molar-refractivity contribution >= 4 is 17.7 Å². The van der Waals surface area contributed by atoms with Gasteiger partial charge in [0.25, 0.3) is 5.91 Å². The monoisotopic (exact) mass is 177 g/mol. The number of nitrogens with two attached hydrogens (primary N) is 3. The summed E-state index contributed by atoms with van der Waals surface area (Å²) in [5.41, 5.74) is 17.2. The fourth-order valence-corrected chi connectivity index (χ4v) is 0.899. The lowest BCUT2D eigenvalue weighted by Crippen LogP contribution is -2.19. The van der Waals surface area contributed by atoms with Gasteiger partial charge in [0.15, 0.2) is 0 Å². The van der Waals surface area contributed by atoms with Gasteiger partial charge in [-0.25, -0.2) is 0 Å². The molecule has 6 N–H and O–H groups in total. The van der Waals surface area contributed by atoms with Crippen molar-refractivity contribution in [2.45, 2.75) is 0 Å². The van der Waals surface area contributed by atoms with Crippen LogP contribution in [0.3, 0.4) is 0 Å². The highest BCUT2D eigenvalue weighted by Gasteiger charge is 1.97. The van der Waals surface area contributed by atoms with Crippen molar-refractivity contribution in [3.8, 4) is 0 Å². The molecular weight excluding hydrogens is 166 g/mol. The molecule has 4 heteroatoms. The molecule has 68 valence electrons. The Balaban J connectivity index is 2.97. The van der Waals surface area contributed by atoms with E-state index in [1.165, 1.54) is 6.08 Å². The van der Waals surface area contributed by atoms with E-state index in [1.807, 2.05) is 0 Å². The maximum atomic E-state index is 10.6. The van der Waals surface area contributed by atoms with Crippen LogP contribution in [0.1, 0.15) is 5.56 Å². The molecule has 1 rings (SSSR count). The molecule has 0 aromatic heterocycles.